The molecule has 0 aromatic heterocycles. The maximum Gasteiger partial charge on any atom is 0.416 e. The van der Waals surface area contributed by atoms with Gasteiger partial charge >= 0.3 is 6.18 Å². The molecule has 6 heteroatoms. The zero-order valence-corrected chi connectivity index (χ0v) is 12.2. The molecule has 118 valence electrons. The normalized spacial score (nSPS) is 19.7. The van der Waals surface area contributed by atoms with Crippen molar-refractivity contribution in [3.63, 3.8) is 0 Å². The number of likely N-dealkylation sites (N-methyl/N-ethyl adjacent to an activating group) is 1. The van der Waals surface area contributed by atoms with Crippen LogP contribution in [-0.2, 0) is 6.18 Å². The van der Waals surface area contributed by atoms with Crippen molar-refractivity contribution in [1.82, 2.24) is 9.80 Å². The standard InChI is InChI=1S/C15H22F3N3/c1-2-20-6-8-21(9-7-20)14(11-19)12-4-3-5-13(10-12)15(16,17)18/h3-5,10,14H,2,6-9,11,19H2,1H3. The Labute approximate surface area is 123 Å². The Kier molecular flexibility index (Phi) is 5.24. The number of nitrogens with two attached hydrogens (primary N) is 1. The fourth-order valence-electron chi connectivity index (χ4n) is 2.81. The molecule has 0 spiro atoms. The summed E-state index contributed by atoms with van der Waals surface area (Å²) in [6.07, 6.45) is -4.31. The van der Waals surface area contributed by atoms with Crippen LogP contribution in [-0.4, -0.2) is 49.1 Å². The van der Waals surface area contributed by atoms with Gasteiger partial charge in [0, 0.05) is 38.8 Å². The first-order valence-corrected chi connectivity index (χ1v) is 7.29. The third-order valence-electron chi connectivity index (χ3n) is 4.12. The number of alkyl halides is 3. The van der Waals surface area contributed by atoms with Crippen molar-refractivity contribution in [3.8, 4) is 0 Å². The van der Waals surface area contributed by atoms with Crippen LogP contribution >= 0.6 is 0 Å². The minimum Gasteiger partial charge on any atom is -0.329 e. The van der Waals surface area contributed by atoms with Crippen LogP contribution in [0.5, 0.6) is 0 Å². The molecule has 0 aliphatic carbocycles. The molecule has 1 aliphatic rings. The van der Waals surface area contributed by atoms with E-state index in [4.69, 9.17) is 5.73 Å². The molecule has 0 radical (unpaired) electrons. The summed E-state index contributed by atoms with van der Waals surface area (Å²) in [5.74, 6) is 0. The SMILES string of the molecule is CCN1CCN(C(CN)c2cccc(C(F)(F)F)c2)CC1. The van der Waals surface area contributed by atoms with E-state index in [2.05, 4.69) is 16.7 Å². The zero-order valence-electron chi connectivity index (χ0n) is 12.2. The Balaban J connectivity index is 2.14. The molecule has 0 amide bonds. The minimum atomic E-state index is -4.31. The van der Waals surface area contributed by atoms with Crippen molar-refractivity contribution < 1.29 is 13.2 Å². The van der Waals surface area contributed by atoms with Crippen molar-refractivity contribution in [1.29, 1.82) is 0 Å². The van der Waals surface area contributed by atoms with Gasteiger partial charge in [0.1, 0.15) is 0 Å². The highest BCUT2D eigenvalue weighted by Crippen LogP contribution is 2.31. The zero-order chi connectivity index (χ0) is 15.5. The predicted octanol–water partition coefficient (Wildman–Crippen LogP) is 2.34. The Morgan fingerprint density at radius 3 is 2.38 bits per heavy atom. The largest absolute Gasteiger partial charge is 0.416 e. The summed E-state index contributed by atoms with van der Waals surface area (Å²) >= 11 is 0. The van der Waals surface area contributed by atoms with Crippen molar-refractivity contribution >= 4 is 0 Å². The smallest absolute Gasteiger partial charge is 0.329 e. The molecule has 1 atom stereocenters. The molecule has 1 saturated heterocycles. The fraction of sp³-hybridized carbons (Fsp3) is 0.600. The van der Waals surface area contributed by atoms with Crippen LogP contribution in [0.15, 0.2) is 24.3 Å². The number of halogens is 3. The Morgan fingerprint density at radius 2 is 1.86 bits per heavy atom. The first kappa shape index (κ1) is 16.3. The molecule has 1 aromatic carbocycles. The van der Waals surface area contributed by atoms with Gasteiger partial charge in [-0.05, 0) is 24.2 Å². The number of benzene rings is 1. The number of piperazine rings is 1. The Bertz CT molecular complexity index is 454. The van der Waals surface area contributed by atoms with Crippen LogP contribution in [0.25, 0.3) is 0 Å². The molecule has 1 heterocycles. The monoisotopic (exact) mass is 301 g/mol. The first-order valence-electron chi connectivity index (χ1n) is 7.29. The summed E-state index contributed by atoms with van der Waals surface area (Å²) in [6.45, 7) is 7.00. The lowest BCUT2D eigenvalue weighted by Crippen LogP contribution is -2.48. The van der Waals surface area contributed by atoms with Gasteiger partial charge in [0.2, 0.25) is 0 Å². The average Bonchev–Trinajstić information content (AvgIpc) is 2.48. The second kappa shape index (κ2) is 6.77. The number of hydrogen-bond acceptors (Lipinski definition) is 3. The van der Waals surface area contributed by atoms with Gasteiger partial charge in [-0.25, -0.2) is 0 Å². The van der Waals surface area contributed by atoms with Gasteiger partial charge < -0.3 is 10.6 Å². The van der Waals surface area contributed by atoms with Crippen molar-refractivity contribution in [2.45, 2.75) is 19.1 Å². The van der Waals surface area contributed by atoms with Crippen molar-refractivity contribution in [2.24, 2.45) is 5.73 Å². The molecular weight excluding hydrogens is 279 g/mol. The maximum absolute atomic E-state index is 12.8. The predicted molar refractivity (Wildman–Crippen MR) is 76.9 cm³/mol. The van der Waals surface area contributed by atoms with Gasteiger partial charge in [-0.1, -0.05) is 19.1 Å². The highest BCUT2D eigenvalue weighted by atomic mass is 19.4. The van der Waals surface area contributed by atoms with E-state index in [9.17, 15) is 13.2 Å². The molecule has 2 N–H and O–H groups in total. The van der Waals surface area contributed by atoms with Crippen molar-refractivity contribution in [3.05, 3.63) is 35.4 Å². The summed E-state index contributed by atoms with van der Waals surface area (Å²) < 4.78 is 38.5. The van der Waals surface area contributed by atoms with E-state index in [1.54, 1.807) is 6.07 Å². The topological polar surface area (TPSA) is 32.5 Å². The molecular formula is C15H22F3N3. The summed E-state index contributed by atoms with van der Waals surface area (Å²) in [5.41, 5.74) is 5.87. The molecule has 1 aromatic rings. The van der Waals surface area contributed by atoms with Gasteiger partial charge in [-0.2, -0.15) is 13.2 Å². The molecule has 0 saturated carbocycles. The molecule has 21 heavy (non-hydrogen) atoms. The molecule has 0 bridgehead atoms. The third-order valence-corrected chi connectivity index (χ3v) is 4.12. The van der Waals surface area contributed by atoms with Crippen LogP contribution < -0.4 is 5.73 Å². The first-order chi connectivity index (χ1) is 9.95. The van der Waals surface area contributed by atoms with Gasteiger partial charge in [-0.3, -0.25) is 4.90 Å². The molecule has 3 nitrogen and oxygen atoms in total. The lowest BCUT2D eigenvalue weighted by Gasteiger charge is -2.38. The van der Waals surface area contributed by atoms with Crippen LogP contribution in [0.4, 0.5) is 13.2 Å². The van der Waals surface area contributed by atoms with E-state index >= 15 is 0 Å². The lowest BCUT2D eigenvalue weighted by atomic mass is 10.0. The molecule has 1 fully saturated rings. The van der Waals surface area contributed by atoms with E-state index in [1.807, 2.05) is 0 Å². The quantitative estimate of drug-likeness (QED) is 0.926. The summed E-state index contributed by atoms with van der Waals surface area (Å²) in [7, 11) is 0. The number of hydrogen-bond donors (Lipinski definition) is 1. The average molecular weight is 301 g/mol. The third kappa shape index (κ3) is 3.96. The second-order valence-electron chi connectivity index (χ2n) is 5.34. The van der Waals surface area contributed by atoms with Gasteiger partial charge in [0.15, 0.2) is 0 Å². The highest BCUT2D eigenvalue weighted by molar-refractivity contribution is 5.28. The lowest BCUT2D eigenvalue weighted by molar-refractivity contribution is -0.137. The molecule has 1 unspecified atom stereocenters. The van der Waals surface area contributed by atoms with E-state index < -0.39 is 11.7 Å². The minimum absolute atomic E-state index is 0.147. The van der Waals surface area contributed by atoms with E-state index in [0.29, 0.717) is 12.1 Å². The summed E-state index contributed by atoms with van der Waals surface area (Å²) in [6, 6.07) is 5.38. The molecule has 1 aliphatic heterocycles. The van der Waals surface area contributed by atoms with Crippen LogP contribution in [0.1, 0.15) is 24.1 Å². The van der Waals surface area contributed by atoms with Gasteiger partial charge in [0.05, 0.1) is 5.56 Å². The summed E-state index contributed by atoms with van der Waals surface area (Å²) in [5, 5.41) is 0. The van der Waals surface area contributed by atoms with Crippen LogP contribution in [0.2, 0.25) is 0 Å². The van der Waals surface area contributed by atoms with Gasteiger partial charge in [0.25, 0.3) is 0 Å². The highest BCUT2D eigenvalue weighted by Gasteiger charge is 2.31. The Hall–Kier alpha value is -1.11. The molecule has 2 rings (SSSR count). The number of rotatable bonds is 4. The number of nitrogens with zero attached hydrogens (tertiary/aromatic N) is 2. The van der Waals surface area contributed by atoms with Crippen molar-refractivity contribution in [2.75, 3.05) is 39.3 Å². The second-order valence-corrected chi connectivity index (χ2v) is 5.34. The fourth-order valence-corrected chi connectivity index (χ4v) is 2.81. The van der Waals surface area contributed by atoms with Gasteiger partial charge in [-0.15, -0.1) is 0 Å². The Morgan fingerprint density at radius 1 is 1.19 bits per heavy atom. The van der Waals surface area contributed by atoms with E-state index in [0.717, 1.165) is 38.8 Å². The summed E-state index contributed by atoms with van der Waals surface area (Å²) in [4.78, 5) is 4.51. The van der Waals surface area contributed by atoms with Crippen LogP contribution in [0.3, 0.4) is 0 Å². The van der Waals surface area contributed by atoms with E-state index in [1.165, 1.54) is 12.1 Å². The maximum atomic E-state index is 12.8. The van der Waals surface area contributed by atoms with E-state index in [-0.39, 0.29) is 6.04 Å². The van der Waals surface area contributed by atoms with Crippen LogP contribution in [0, 0.1) is 0 Å².